The lowest BCUT2D eigenvalue weighted by atomic mass is 9.97. The van der Waals surface area contributed by atoms with Crippen molar-refractivity contribution in [2.45, 2.75) is 23.9 Å². The highest BCUT2D eigenvalue weighted by Gasteiger charge is 2.26. The first-order chi connectivity index (χ1) is 10.3. The number of piperidine rings is 1. The predicted octanol–water partition coefficient (Wildman–Crippen LogP) is 1.70. The molecule has 0 radical (unpaired) electrons. The fourth-order valence-corrected chi connectivity index (χ4v) is 3.21. The number of nitrogens with one attached hydrogen (secondary N) is 1. The molecule has 3 rings (SSSR count). The summed E-state index contributed by atoms with van der Waals surface area (Å²) in [7, 11) is 0. The van der Waals surface area contributed by atoms with Crippen LogP contribution >= 0.6 is 11.8 Å². The first-order valence-electron chi connectivity index (χ1n) is 7.00. The molecule has 2 aromatic rings. The van der Waals surface area contributed by atoms with Crippen LogP contribution in [0.1, 0.15) is 24.6 Å². The fourth-order valence-electron chi connectivity index (χ4n) is 2.51. The first-order valence-corrected chi connectivity index (χ1v) is 7.98. The minimum Gasteiger partial charge on any atom is -0.348 e. The molecule has 0 saturated carbocycles. The fraction of sp³-hybridized carbons (Fsp3) is 0.429. The lowest BCUT2D eigenvalue weighted by Gasteiger charge is -2.31. The van der Waals surface area contributed by atoms with Gasteiger partial charge in [-0.3, -0.25) is 4.79 Å². The van der Waals surface area contributed by atoms with Gasteiger partial charge in [-0.1, -0.05) is 11.8 Å². The van der Waals surface area contributed by atoms with Gasteiger partial charge in [0.05, 0.1) is 5.75 Å². The van der Waals surface area contributed by atoms with Crippen molar-refractivity contribution in [3.63, 3.8) is 0 Å². The van der Waals surface area contributed by atoms with Gasteiger partial charge in [0.15, 0.2) is 5.16 Å². The van der Waals surface area contributed by atoms with E-state index in [-0.39, 0.29) is 5.91 Å². The summed E-state index contributed by atoms with van der Waals surface area (Å²) in [6.45, 7) is 1.56. The third-order valence-corrected chi connectivity index (χ3v) is 4.41. The van der Waals surface area contributed by atoms with Crippen molar-refractivity contribution in [1.29, 1.82) is 0 Å². The van der Waals surface area contributed by atoms with Crippen LogP contribution in [-0.4, -0.2) is 49.6 Å². The van der Waals surface area contributed by atoms with Gasteiger partial charge in [0.1, 0.15) is 5.82 Å². The van der Waals surface area contributed by atoms with Crippen LogP contribution in [0.5, 0.6) is 0 Å². The Morgan fingerprint density at radius 3 is 2.95 bits per heavy atom. The van der Waals surface area contributed by atoms with Gasteiger partial charge in [-0.05, 0) is 18.9 Å². The van der Waals surface area contributed by atoms with Crippen LogP contribution in [0.15, 0.2) is 36.0 Å². The van der Waals surface area contributed by atoms with Crippen LogP contribution < -0.4 is 0 Å². The van der Waals surface area contributed by atoms with Crippen LogP contribution in [0.2, 0.25) is 0 Å². The minimum atomic E-state index is 0.142. The summed E-state index contributed by atoms with van der Waals surface area (Å²) in [5, 5.41) is 0.644. The number of likely N-dealkylation sites (tertiary alicyclic amines) is 1. The van der Waals surface area contributed by atoms with E-state index in [0.717, 1.165) is 31.8 Å². The number of amides is 1. The molecule has 1 amide bonds. The van der Waals surface area contributed by atoms with E-state index in [1.54, 1.807) is 24.7 Å². The van der Waals surface area contributed by atoms with Crippen molar-refractivity contribution < 1.29 is 4.79 Å². The Morgan fingerprint density at radius 2 is 2.19 bits per heavy atom. The molecule has 21 heavy (non-hydrogen) atoms. The number of hydrogen-bond acceptors (Lipinski definition) is 5. The second-order valence-corrected chi connectivity index (χ2v) is 5.92. The number of nitrogens with zero attached hydrogens (tertiary/aromatic N) is 4. The molecule has 0 bridgehead atoms. The predicted molar refractivity (Wildman–Crippen MR) is 79.9 cm³/mol. The Bertz CT molecular complexity index is 574. The SMILES string of the molecule is O=C(CSc1ncccn1)N1CCC[C@@H](c2ncc[nH]2)C1. The van der Waals surface area contributed by atoms with Gasteiger partial charge in [0.25, 0.3) is 0 Å². The van der Waals surface area contributed by atoms with Crippen molar-refractivity contribution >= 4 is 17.7 Å². The van der Waals surface area contributed by atoms with Gasteiger partial charge in [-0.15, -0.1) is 0 Å². The molecule has 1 atom stereocenters. The van der Waals surface area contributed by atoms with E-state index < -0.39 is 0 Å². The normalized spacial score (nSPS) is 18.7. The zero-order chi connectivity index (χ0) is 14.5. The Kier molecular flexibility index (Phi) is 4.49. The Balaban J connectivity index is 1.55. The number of aromatic amines is 1. The number of rotatable bonds is 4. The van der Waals surface area contributed by atoms with Crippen molar-refractivity contribution in [2.75, 3.05) is 18.8 Å². The monoisotopic (exact) mass is 303 g/mol. The number of H-pyrrole nitrogens is 1. The molecule has 7 heteroatoms. The average Bonchev–Trinajstić information content (AvgIpc) is 3.08. The van der Waals surface area contributed by atoms with E-state index in [0.29, 0.717) is 16.8 Å². The second-order valence-electron chi connectivity index (χ2n) is 4.97. The summed E-state index contributed by atoms with van der Waals surface area (Å²) in [4.78, 5) is 29.9. The Labute approximate surface area is 127 Å². The van der Waals surface area contributed by atoms with Crippen molar-refractivity contribution in [2.24, 2.45) is 0 Å². The Morgan fingerprint density at radius 1 is 1.33 bits per heavy atom. The van der Waals surface area contributed by atoms with Crippen molar-refractivity contribution in [3.8, 4) is 0 Å². The largest absolute Gasteiger partial charge is 0.348 e. The molecule has 3 heterocycles. The third kappa shape index (κ3) is 3.60. The summed E-state index contributed by atoms with van der Waals surface area (Å²) in [6.07, 6.45) is 9.06. The summed E-state index contributed by atoms with van der Waals surface area (Å²) >= 11 is 1.38. The maximum Gasteiger partial charge on any atom is 0.233 e. The van der Waals surface area contributed by atoms with Crippen LogP contribution in [0.25, 0.3) is 0 Å². The van der Waals surface area contributed by atoms with Crippen molar-refractivity contribution in [3.05, 3.63) is 36.7 Å². The standard InChI is InChI=1S/C14H17N5OS/c20-12(10-21-14-17-4-2-5-18-14)19-8-1-3-11(9-19)13-15-6-7-16-13/h2,4-7,11H,1,3,8-10H2,(H,15,16)/t11-/m1/s1. The Hall–Kier alpha value is -1.89. The van der Waals surface area contributed by atoms with Crippen molar-refractivity contribution in [1.82, 2.24) is 24.8 Å². The second kappa shape index (κ2) is 6.71. The van der Waals surface area contributed by atoms with E-state index >= 15 is 0 Å². The van der Waals surface area contributed by atoms with Crippen LogP contribution in [-0.2, 0) is 4.79 Å². The number of carbonyl (C=O) groups excluding carboxylic acids is 1. The van der Waals surface area contributed by atoms with E-state index in [9.17, 15) is 4.79 Å². The molecular formula is C14H17N5OS. The molecule has 1 N–H and O–H groups in total. The van der Waals surface area contributed by atoms with Gasteiger partial charge in [-0.25, -0.2) is 15.0 Å². The van der Waals surface area contributed by atoms with Gasteiger partial charge in [0.2, 0.25) is 5.91 Å². The van der Waals surface area contributed by atoms with Crippen LogP contribution in [0.3, 0.4) is 0 Å². The van der Waals surface area contributed by atoms with E-state index in [4.69, 9.17) is 0 Å². The molecular weight excluding hydrogens is 286 g/mol. The van der Waals surface area contributed by atoms with E-state index in [1.165, 1.54) is 11.8 Å². The first kappa shape index (κ1) is 14.1. The highest BCUT2D eigenvalue weighted by Crippen LogP contribution is 2.25. The lowest BCUT2D eigenvalue weighted by molar-refractivity contribution is -0.129. The molecule has 0 aromatic carbocycles. The number of hydrogen-bond donors (Lipinski definition) is 1. The molecule has 110 valence electrons. The molecule has 6 nitrogen and oxygen atoms in total. The summed E-state index contributed by atoms with van der Waals surface area (Å²) < 4.78 is 0. The van der Waals surface area contributed by atoms with E-state index in [2.05, 4.69) is 19.9 Å². The molecule has 1 aliphatic rings. The summed E-state index contributed by atoms with van der Waals surface area (Å²) in [5.74, 6) is 1.82. The number of imidazole rings is 1. The molecule has 1 saturated heterocycles. The van der Waals surface area contributed by atoms with Crippen LogP contribution in [0, 0.1) is 0 Å². The quantitative estimate of drug-likeness (QED) is 0.687. The van der Waals surface area contributed by atoms with Gasteiger partial charge in [0, 0.05) is 43.8 Å². The molecule has 0 aliphatic carbocycles. The van der Waals surface area contributed by atoms with E-state index in [1.807, 2.05) is 11.1 Å². The number of carbonyl (C=O) groups is 1. The molecule has 1 aliphatic heterocycles. The summed E-state index contributed by atoms with van der Waals surface area (Å²) in [5.41, 5.74) is 0. The molecule has 2 aromatic heterocycles. The highest BCUT2D eigenvalue weighted by molar-refractivity contribution is 7.99. The van der Waals surface area contributed by atoms with Gasteiger partial charge >= 0.3 is 0 Å². The molecule has 0 spiro atoms. The maximum atomic E-state index is 12.3. The zero-order valence-corrected chi connectivity index (χ0v) is 12.4. The topological polar surface area (TPSA) is 74.8 Å². The maximum absolute atomic E-state index is 12.3. The highest BCUT2D eigenvalue weighted by atomic mass is 32.2. The third-order valence-electron chi connectivity index (χ3n) is 3.55. The average molecular weight is 303 g/mol. The van der Waals surface area contributed by atoms with Gasteiger partial charge < -0.3 is 9.88 Å². The number of aromatic nitrogens is 4. The number of thioether (sulfide) groups is 1. The van der Waals surface area contributed by atoms with Crippen LogP contribution in [0.4, 0.5) is 0 Å². The smallest absolute Gasteiger partial charge is 0.233 e. The molecule has 0 unspecified atom stereocenters. The zero-order valence-electron chi connectivity index (χ0n) is 11.6. The summed E-state index contributed by atoms with van der Waals surface area (Å²) in [6, 6.07) is 1.77. The molecule has 1 fully saturated rings. The van der Waals surface area contributed by atoms with Gasteiger partial charge in [-0.2, -0.15) is 0 Å². The lowest BCUT2D eigenvalue weighted by Crippen LogP contribution is -2.40. The minimum absolute atomic E-state index is 0.142.